The van der Waals surface area contributed by atoms with Gasteiger partial charge >= 0.3 is 5.97 Å². The van der Waals surface area contributed by atoms with Crippen LogP contribution in [-0.4, -0.2) is 15.7 Å². The van der Waals surface area contributed by atoms with E-state index >= 15 is 0 Å². The molecule has 3 aromatic rings. The highest BCUT2D eigenvalue weighted by molar-refractivity contribution is 7.12. The molecule has 4 nitrogen and oxygen atoms in total. The normalized spacial score (nSPS) is 10.7. The third-order valence-corrected chi connectivity index (χ3v) is 4.66. The first-order chi connectivity index (χ1) is 11.1. The maximum absolute atomic E-state index is 12.3. The van der Waals surface area contributed by atoms with Gasteiger partial charge in [0, 0.05) is 6.07 Å². The van der Waals surface area contributed by atoms with E-state index < -0.39 is 0 Å². The number of ether oxygens (including phenoxy) is 1. The molecule has 0 radical (unpaired) electrons. The van der Waals surface area contributed by atoms with E-state index in [0.717, 1.165) is 23.4 Å². The van der Waals surface area contributed by atoms with Crippen LogP contribution in [0.5, 0.6) is 5.88 Å². The van der Waals surface area contributed by atoms with Crippen LogP contribution in [0.25, 0.3) is 5.69 Å². The van der Waals surface area contributed by atoms with Crippen molar-refractivity contribution in [3.63, 3.8) is 0 Å². The summed E-state index contributed by atoms with van der Waals surface area (Å²) in [5.41, 5.74) is 4.11. The van der Waals surface area contributed by atoms with E-state index in [1.165, 1.54) is 16.9 Å². The fourth-order valence-electron chi connectivity index (χ4n) is 2.33. The second-order valence-corrected chi connectivity index (χ2v) is 6.27. The molecular formula is C18H18N2O2S. The van der Waals surface area contributed by atoms with Crippen molar-refractivity contribution in [2.75, 3.05) is 0 Å². The summed E-state index contributed by atoms with van der Waals surface area (Å²) in [7, 11) is 0. The van der Waals surface area contributed by atoms with Crippen LogP contribution in [0, 0.1) is 13.8 Å². The van der Waals surface area contributed by atoms with Gasteiger partial charge in [-0.1, -0.05) is 25.1 Å². The molecule has 0 aliphatic heterocycles. The Hall–Kier alpha value is -2.40. The van der Waals surface area contributed by atoms with Crippen LogP contribution in [-0.2, 0) is 6.42 Å². The van der Waals surface area contributed by atoms with Crippen LogP contribution >= 0.6 is 11.3 Å². The largest absolute Gasteiger partial charge is 0.403 e. The molecule has 0 unspecified atom stereocenters. The number of hydrogen-bond donors (Lipinski definition) is 0. The lowest BCUT2D eigenvalue weighted by atomic mass is 10.1. The number of esters is 1. The Morgan fingerprint density at radius 2 is 2.09 bits per heavy atom. The summed E-state index contributed by atoms with van der Waals surface area (Å²) in [6, 6.07) is 11.4. The van der Waals surface area contributed by atoms with Crippen LogP contribution in [0.15, 0.2) is 41.8 Å². The zero-order valence-corrected chi connectivity index (χ0v) is 14.2. The molecule has 0 aliphatic rings. The van der Waals surface area contributed by atoms with E-state index in [0.29, 0.717) is 10.8 Å². The molecule has 0 amide bonds. The molecule has 0 fully saturated rings. The number of carbonyl (C=O) groups is 1. The summed E-state index contributed by atoms with van der Waals surface area (Å²) < 4.78 is 7.31. The number of aryl methyl sites for hydroxylation is 2. The van der Waals surface area contributed by atoms with Crippen molar-refractivity contribution in [2.45, 2.75) is 27.2 Å². The van der Waals surface area contributed by atoms with Gasteiger partial charge in [-0.05, 0) is 48.9 Å². The van der Waals surface area contributed by atoms with Crippen LogP contribution < -0.4 is 4.74 Å². The number of nitrogens with zero attached hydrogens (tertiary/aromatic N) is 2. The maximum Gasteiger partial charge on any atom is 0.355 e. The highest BCUT2D eigenvalue weighted by atomic mass is 32.1. The van der Waals surface area contributed by atoms with Gasteiger partial charge in [0.15, 0.2) is 0 Å². The number of benzene rings is 1. The van der Waals surface area contributed by atoms with Gasteiger partial charge in [-0.3, -0.25) is 0 Å². The standard InChI is InChI=1S/C18H18N2O2S/c1-4-14-11-17(22-18(21)16-9-6-10-23-16)20(19-14)15-8-5-7-12(2)13(15)3/h5-11H,4H2,1-3H3. The lowest BCUT2D eigenvalue weighted by Crippen LogP contribution is -2.11. The Labute approximate surface area is 139 Å². The van der Waals surface area contributed by atoms with Crippen molar-refractivity contribution in [1.29, 1.82) is 0 Å². The van der Waals surface area contributed by atoms with Crippen LogP contribution in [0.3, 0.4) is 0 Å². The highest BCUT2D eigenvalue weighted by Crippen LogP contribution is 2.25. The molecular weight excluding hydrogens is 308 g/mol. The average Bonchev–Trinajstić information content (AvgIpc) is 3.19. The summed E-state index contributed by atoms with van der Waals surface area (Å²) in [6.45, 7) is 6.13. The quantitative estimate of drug-likeness (QED) is 0.670. The topological polar surface area (TPSA) is 44.1 Å². The molecule has 23 heavy (non-hydrogen) atoms. The number of aromatic nitrogens is 2. The fraction of sp³-hybridized carbons (Fsp3) is 0.222. The van der Waals surface area contributed by atoms with Gasteiger partial charge in [0.2, 0.25) is 5.88 Å². The van der Waals surface area contributed by atoms with Gasteiger partial charge in [-0.15, -0.1) is 11.3 Å². The van der Waals surface area contributed by atoms with Gasteiger partial charge in [-0.25, -0.2) is 9.48 Å². The van der Waals surface area contributed by atoms with Gasteiger partial charge < -0.3 is 4.74 Å². The van der Waals surface area contributed by atoms with Crippen molar-refractivity contribution in [1.82, 2.24) is 9.78 Å². The molecule has 0 N–H and O–H groups in total. The highest BCUT2D eigenvalue weighted by Gasteiger charge is 2.17. The number of hydrogen-bond acceptors (Lipinski definition) is 4. The van der Waals surface area contributed by atoms with E-state index in [-0.39, 0.29) is 5.97 Å². The Morgan fingerprint density at radius 1 is 1.26 bits per heavy atom. The molecule has 3 rings (SSSR count). The minimum Gasteiger partial charge on any atom is -0.403 e. The second-order valence-electron chi connectivity index (χ2n) is 5.33. The zero-order chi connectivity index (χ0) is 16.4. The van der Waals surface area contributed by atoms with Crippen molar-refractivity contribution < 1.29 is 9.53 Å². The third-order valence-electron chi connectivity index (χ3n) is 3.81. The summed E-state index contributed by atoms with van der Waals surface area (Å²) >= 11 is 1.37. The molecule has 118 valence electrons. The first kappa shape index (κ1) is 15.5. The fourth-order valence-corrected chi connectivity index (χ4v) is 2.93. The minimum atomic E-state index is -0.353. The summed E-state index contributed by atoms with van der Waals surface area (Å²) in [5, 5.41) is 6.44. The Bertz CT molecular complexity index is 835. The molecule has 0 saturated carbocycles. The van der Waals surface area contributed by atoms with E-state index in [2.05, 4.69) is 18.1 Å². The number of rotatable bonds is 4. The lowest BCUT2D eigenvalue weighted by Gasteiger charge is -2.11. The number of carbonyl (C=O) groups excluding carboxylic acids is 1. The third kappa shape index (κ3) is 3.05. The van der Waals surface area contributed by atoms with Gasteiger partial charge in [-0.2, -0.15) is 5.10 Å². The summed E-state index contributed by atoms with van der Waals surface area (Å²) in [6.07, 6.45) is 0.779. The van der Waals surface area contributed by atoms with Crippen LogP contribution in [0.1, 0.15) is 33.4 Å². The number of thiophene rings is 1. The molecule has 2 aromatic heterocycles. The van der Waals surface area contributed by atoms with E-state index in [1.54, 1.807) is 10.7 Å². The molecule has 1 aromatic carbocycles. The van der Waals surface area contributed by atoms with Crippen molar-refractivity contribution >= 4 is 17.3 Å². The predicted octanol–water partition coefficient (Wildman–Crippen LogP) is 4.33. The predicted molar refractivity (Wildman–Crippen MR) is 91.7 cm³/mol. The van der Waals surface area contributed by atoms with Gasteiger partial charge in [0.1, 0.15) is 4.88 Å². The summed E-state index contributed by atoms with van der Waals surface area (Å²) in [5.74, 6) is 0.100. The molecule has 0 aliphatic carbocycles. The van der Waals surface area contributed by atoms with Crippen molar-refractivity contribution in [2.24, 2.45) is 0 Å². The Balaban J connectivity index is 2.02. The SMILES string of the molecule is CCc1cc(OC(=O)c2cccs2)n(-c2cccc(C)c2C)n1. The van der Waals surface area contributed by atoms with E-state index in [9.17, 15) is 4.79 Å². The molecule has 0 bridgehead atoms. The molecule has 2 heterocycles. The molecule has 0 atom stereocenters. The van der Waals surface area contributed by atoms with Gasteiger partial charge in [0.25, 0.3) is 0 Å². The molecule has 0 spiro atoms. The van der Waals surface area contributed by atoms with E-state index in [1.807, 2.05) is 43.5 Å². The molecule has 0 saturated heterocycles. The first-order valence-corrected chi connectivity index (χ1v) is 8.39. The van der Waals surface area contributed by atoms with E-state index in [4.69, 9.17) is 4.74 Å². The van der Waals surface area contributed by atoms with Gasteiger partial charge in [0.05, 0.1) is 11.4 Å². The smallest absolute Gasteiger partial charge is 0.355 e. The Kier molecular flexibility index (Phi) is 4.30. The second kappa shape index (κ2) is 6.38. The van der Waals surface area contributed by atoms with Crippen molar-refractivity contribution in [3.8, 4) is 11.6 Å². The monoisotopic (exact) mass is 326 g/mol. The maximum atomic E-state index is 12.3. The average molecular weight is 326 g/mol. The van der Waals surface area contributed by atoms with Crippen molar-refractivity contribution in [3.05, 3.63) is 63.5 Å². The van der Waals surface area contributed by atoms with Crippen LogP contribution in [0.2, 0.25) is 0 Å². The summed E-state index contributed by atoms with van der Waals surface area (Å²) in [4.78, 5) is 12.8. The molecule has 5 heteroatoms. The Morgan fingerprint density at radius 3 is 2.78 bits per heavy atom. The first-order valence-electron chi connectivity index (χ1n) is 7.51. The zero-order valence-electron chi connectivity index (χ0n) is 13.4. The lowest BCUT2D eigenvalue weighted by molar-refractivity contribution is 0.0728. The van der Waals surface area contributed by atoms with Crippen LogP contribution in [0.4, 0.5) is 0 Å². The minimum absolute atomic E-state index is 0.353.